The molecule has 0 fully saturated rings. The standard InChI is InChI=1S/C15H14BrNO2/c1-19-15-6-5-12(16)8-11(15)9-14(18)10-13-4-2-3-7-17-13/h2-8H,9-10H2,1H3. The normalized spacial score (nSPS) is 10.2. The van der Waals surface area contributed by atoms with Gasteiger partial charge in [-0.2, -0.15) is 0 Å². The van der Waals surface area contributed by atoms with Crippen LogP contribution in [0.2, 0.25) is 0 Å². The Balaban J connectivity index is 2.09. The molecule has 0 radical (unpaired) electrons. The minimum atomic E-state index is 0.120. The van der Waals surface area contributed by atoms with E-state index < -0.39 is 0 Å². The van der Waals surface area contributed by atoms with Crippen LogP contribution in [0.3, 0.4) is 0 Å². The maximum Gasteiger partial charge on any atom is 0.143 e. The van der Waals surface area contributed by atoms with E-state index in [1.165, 1.54) is 0 Å². The minimum absolute atomic E-state index is 0.120. The van der Waals surface area contributed by atoms with Gasteiger partial charge in [0.05, 0.1) is 7.11 Å². The van der Waals surface area contributed by atoms with Gasteiger partial charge < -0.3 is 4.74 Å². The highest BCUT2D eigenvalue weighted by molar-refractivity contribution is 9.10. The molecule has 1 aromatic heterocycles. The van der Waals surface area contributed by atoms with E-state index in [-0.39, 0.29) is 5.78 Å². The van der Waals surface area contributed by atoms with Crippen molar-refractivity contribution >= 4 is 21.7 Å². The molecule has 0 amide bonds. The number of aromatic nitrogens is 1. The number of hydrogen-bond donors (Lipinski definition) is 0. The maximum atomic E-state index is 12.1. The van der Waals surface area contributed by atoms with E-state index >= 15 is 0 Å². The molecule has 0 unspecified atom stereocenters. The molecule has 0 saturated heterocycles. The molecule has 19 heavy (non-hydrogen) atoms. The molecular weight excluding hydrogens is 306 g/mol. The van der Waals surface area contributed by atoms with Crippen LogP contribution in [0.1, 0.15) is 11.3 Å². The molecule has 98 valence electrons. The highest BCUT2D eigenvalue weighted by Crippen LogP contribution is 2.23. The fourth-order valence-corrected chi connectivity index (χ4v) is 2.27. The lowest BCUT2D eigenvalue weighted by Gasteiger charge is -2.08. The first kappa shape index (κ1) is 13.7. The lowest BCUT2D eigenvalue weighted by atomic mass is 10.0. The number of ketones is 1. The molecule has 4 heteroatoms. The molecule has 2 aromatic rings. The smallest absolute Gasteiger partial charge is 0.143 e. The van der Waals surface area contributed by atoms with Crippen molar-refractivity contribution in [1.29, 1.82) is 0 Å². The number of Topliss-reactive ketones (excluding diaryl/α,β-unsaturated/α-hetero) is 1. The Labute approximate surface area is 120 Å². The van der Waals surface area contributed by atoms with E-state index in [1.54, 1.807) is 13.3 Å². The predicted octanol–water partition coefficient (Wildman–Crippen LogP) is 3.21. The predicted molar refractivity (Wildman–Crippen MR) is 77.3 cm³/mol. The summed E-state index contributed by atoms with van der Waals surface area (Å²) in [6.07, 6.45) is 2.39. The van der Waals surface area contributed by atoms with Gasteiger partial charge in [0, 0.05) is 34.8 Å². The number of carbonyl (C=O) groups is 1. The van der Waals surface area contributed by atoms with E-state index in [0.717, 1.165) is 21.5 Å². The van der Waals surface area contributed by atoms with Crippen molar-refractivity contribution in [2.75, 3.05) is 7.11 Å². The molecule has 3 nitrogen and oxygen atoms in total. The summed E-state index contributed by atoms with van der Waals surface area (Å²) in [6, 6.07) is 11.2. The van der Waals surface area contributed by atoms with E-state index in [4.69, 9.17) is 4.74 Å². The molecule has 0 aliphatic rings. The Morgan fingerprint density at radius 1 is 1.26 bits per heavy atom. The Hall–Kier alpha value is -1.68. The van der Waals surface area contributed by atoms with Crippen LogP contribution in [-0.4, -0.2) is 17.9 Å². The number of rotatable bonds is 5. The zero-order chi connectivity index (χ0) is 13.7. The number of methoxy groups -OCH3 is 1. The van der Waals surface area contributed by atoms with E-state index in [0.29, 0.717) is 12.8 Å². The van der Waals surface area contributed by atoms with Crippen molar-refractivity contribution in [3.8, 4) is 5.75 Å². The number of nitrogens with zero attached hydrogens (tertiary/aromatic N) is 1. The van der Waals surface area contributed by atoms with Gasteiger partial charge in [0.1, 0.15) is 11.5 Å². The average Bonchev–Trinajstić information content (AvgIpc) is 2.40. The number of halogens is 1. The van der Waals surface area contributed by atoms with E-state index in [2.05, 4.69) is 20.9 Å². The summed E-state index contributed by atoms with van der Waals surface area (Å²) in [4.78, 5) is 16.2. The third-order valence-corrected chi connectivity index (χ3v) is 3.23. The third-order valence-electron chi connectivity index (χ3n) is 2.73. The molecule has 0 atom stereocenters. The first-order valence-electron chi connectivity index (χ1n) is 5.93. The fourth-order valence-electron chi connectivity index (χ4n) is 1.86. The Morgan fingerprint density at radius 2 is 2.11 bits per heavy atom. The minimum Gasteiger partial charge on any atom is -0.496 e. The second kappa shape index (κ2) is 6.48. The Morgan fingerprint density at radius 3 is 2.79 bits per heavy atom. The summed E-state index contributed by atoms with van der Waals surface area (Å²) >= 11 is 3.40. The number of benzene rings is 1. The SMILES string of the molecule is COc1ccc(Br)cc1CC(=O)Cc1ccccn1. The summed E-state index contributed by atoms with van der Waals surface area (Å²) < 4.78 is 6.20. The van der Waals surface area contributed by atoms with Gasteiger partial charge in [-0.1, -0.05) is 22.0 Å². The number of hydrogen-bond acceptors (Lipinski definition) is 3. The van der Waals surface area contributed by atoms with Crippen LogP contribution in [0.4, 0.5) is 0 Å². The second-order valence-corrected chi connectivity index (χ2v) is 5.09. The van der Waals surface area contributed by atoms with Gasteiger partial charge in [0.2, 0.25) is 0 Å². The van der Waals surface area contributed by atoms with Crippen LogP contribution < -0.4 is 4.74 Å². The summed E-state index contributed by atoms with van der Waals surface area (Å²) in [6.45, 7) is 0. The zero-order valence-corrected chi connectivity index (χ0v) is 12.2. The van der Waals surface area contributed by atoms with Crippen LogP contribution in [-0.2, 0) is 17.6 Å². The van der Waals surface area contributed by atoms with Crippen molar-refractivity contribution in [3.05, 3.63) is 58.3 Å². The molecule has 0 N–H and O–H groups in total. The summed E-state index contributed by atoms with van der Waals surface area (Å²) in [5.41, 5.74) is 1.68. The molecule has 0 aliphatic carbocycles. The topological polar surface area (TPSA) is 39.2 Å². The van der Waals surface area contributed by atoms with Gasteiger partial charge in [0.25, 0.3) is 0 Å². The van der Waals surface area contributed by atoms with Crippen LogP contribution in [0, 0.1) is 0 Å². The van der Waals surface area contributed by atoms with Crippen LogP contribution >= 0.6 is 15.9 Å². The third kappa shape index (κ3) is 3.89. The molecule has 1 aromatic carbocycles. The molecule has 0 bridgehead atoms. The number of ether oxygens (including phenoxy) is 1. The van der Waals surface area contributed by atoms with Crippen molar-refractivity contribution in [2.45, 2.75) is 12.8 Å². The quantitative estimate of drug-likeness (QED) is 0.849. The van der Waals surface area contributed by atoms with Gasteiger partial charge in [-0.3, -0.25) is 9.78 Å². The zero-order valence-electron chi connectivity index (χ0n) is 10.6. The van der Waals surface area contributed by atoms with Gasteiger partial charge in [-0.15, -0.1) is 0 Å². The summed E-state index contributed by atoms with van der Waals surface area (Å²) in [7, 11) is 1.61. The van der Waals surface area contributed by atoms with Crippen LogP contribution in [0.25, 0.3) is 0 Å². The highest BCUT2D eigenvalue weighted by Gasteiger charge is 2.10. The van der Waals surface area contributed by atoms with Gasteiger partial charge in [0.15, 0.2) is 0 Å². The molecule has 2 rings (SSSR count). The first-order chi connectivity index (χ1) is 9.19. The van der Waals surface area contributed by atoms with Gasteiger partial charge in [-0.25, -0.2) is 0 Å². The lowest BCUT2D eigenvalue weighted by molar-refractivity contribution is -0.117. The first-order valence-corrected chi connectivity index (χ1v) is 6.72. The van der Waals surface area contributed by atoms with Gasteiger partial charge >= 0.3 is 0 Å². The molecular formula is C15H14BrNO2. The number of pyridine rings is 1. The van der Waals surface area contributed by atoms with Crippen LogP contribution in [0.15, 0.2) is 47.1 Å². The van der Waals surface area contributed by atoms with Crippen molar-refractivity contribution in [1.82, 2.24) is 4.98 Å². The molecule has 0 aliphatic heterocycles. The van der Waals surface area contributed by atoms with E-state index in [1.807, 2.05) is 36.4 Å². The molecule has 0 saturated carbocycles. The Kier molecular flexibility index (Phi) is 4.68. The average molecular weight is 320 g/mol. The lowest BCUT2D eigenvalue weighted by Crippen LogP contribution is -2.08. The highest BCUT2D eigenvalue weighted by atomic mass is 79.9. The monoisotopic (exact) mass is 319 g/mol. The van der Waals surface area contributed by atoms with Crippen molar-refractivity contribution < 1.29 is 9.53 Å². The molecule has 1 heterocycles. The fraction of sp³-hybridized carbons (Fsp3) is 0.200. The number of carbonyl (C=O) groups excluding carboxylic acids is 1. The summed E-state index contributed by atoms with van der Waals surface area (Å²) in [5.74, 6) is 0.854. The maximum absolute atomic E-state index is 12.1. The van der Waals surface area contributed by atoms with E-state index in [9.17, 15) is 4.79 Å². The van der Waals surface area contributed by atoms with Crippen molar-refractivity contribution in [3.63, 3.8) is 0 Å². The van der Waals surface area contributed by atoms with Crippen LogP contribution in [0.5, 0.6) is 5.75 Å². The Bertz CT molecular complexity index is 570. The van der Waals surface area contributed by atoms with Crippen molar-refractivity contribution in [2.24, 2.45) is 0 Å². The molecule has 0 spiro atoms. The largest absolute Gasteiger partial charge is 0.496 e. The van der Waals surface area contributed by atoms with Gasteiger partial charge in [-0.05, 0) is 30.3 Å². The second-order valence-electron chi connectivity index (χ2n) is 4.17. The summed E-state index contributed by atoms with van der Waals surface area (Å²) in [5, 5.41) is 0.